The van der Waals surface area contributed by atoms with Crippen LogP contribution in [0.1, 0.15) is 38.2 Å². The number of nitrogens with zero attached hydrogens (tertiary/aromatic N) is 2. The van der Waals surface area contributed by atoms with Crippen LogP contribution in [0.3, 0.4) is 0 Å². The summed E-state index contributed by atoms with van der Waals surface area (Å²) in [7, 11) is 0. The first kappa shape index (κ1) is 14.8. The molecule has 2 heterocycles. The number of anilines is 1. The molecule has 0 amide bonds. The van der Waals surface area contributed by atoms with Gasteiger partial charge in [0.2, 0.25) is 0 Å². The number of rotatable bonds is 5. The molecule has 106 valence electrons. The Balaban J connectivity index is 2.09. The molecule has 1 unspecified atom stereocenters. The molecule has 0 spiro atoms. The molecule has 0 aromatic carbocycles. The molecule has 1 aliphatic rings. The number of aromatic nitrogens is 1. The summed E-state index contributed by atoms with van der Waals surface area (Å²) in [5, 5.41) is 3.56. The zero-order chi connectivity index (χ0) is 13.7. The van der Waals surface area contributed by atoms with E-state index in [-0.39, 0.29) is 0 Å². The van der Waals surface area contributed by atoms with Crippen molar-refractivity contribution in [3.63, 3.8) is 0 Å². The third-order valence-corrected chi connectivity index (χ3v) is 4.16. The molecular formula is C15H24BrN3. The van der Waals surface area contributed by atoms with Crippen molar-refractivity contribution in [3.05, 3.63) is 22.3 Å². The quantitative estimate of drug-likeness (QED) is 0.839. The van der Waals surface area contributed by atoms with Gasteiger partial charge < -0.3 is 10.2 Å². The first-order valence-corrected chi connectivity index (χ1v) is 8.11. The lowest BCUT2D eigenvalue weighted by Gasteiger charge is -2.37. The normalized spacial score (nSPS) is 19.7. The lowest BCUT2D eigenvalue weighted by Crippen LogP contribution is -2.46. The molecule has 1 fully saturated rings. The highest BCUT2D eigenvalue weighted by Gasteiger charge is 2.24. The number of hydrogen-bond donors (Lipinski definition) is 1. The fourth-order valence-corrected chi connectivity index (χ4v) is 3.22. The van der Waals surface area contributed by atoms with Gasteiger partial charge in [0.1, 0.15) is 5.82 Å². The van der Waals surface area contributed by atoms with E-state index in [2.05, 4.69) is 51.0 Å². The van der Waals surface area contributed by atoms with Crippen molar-refractivity contribution in [1.29, 1.82) is 0 Å². The summed E-state index contributed by atoms with van der Waals surface area (Å²) in [5.41, 5.74) is 1.26. The Labute approximate surface area is 124 Å². The maximum absolute atomic E-state index is 4.63. The van der Waals surface area contributed by atoms with E-state index in [1.165, 1.54) is 31.2 Å². The second-order valence-corrected chi connectivity index (χ2v) is 6.26. The zero-order valence-corrected chi connectivity index (χ0v) is 13.5. The number of pyridine rings is 1. The number of halogens is 1. The third-order valence-electron chi connectivity index (χ3n) is 3.72. The van der Waals surface area contributed by atoms with E-state index < -0.39 is 0 Å². The minimum Gasteiger partial charge on any atom is -0.352 e. The maximum Gasteiger partial charge on any atom is 0.131 e. The highest BCUT2D eigenvalue weighted by Crippen LogP contribution is 2.27. The van der Waals surface area contributed by atoms with Crippen LogP contribution in [0.2, 0.25) is 0 Å². The van der Waals surface area contributed by atoms with Crippen LogP contribution < -0.4 is 10.2 Å². The molecule has 1 saturated heterocycles. The van der Waals surface area contributed by atoms with E-state index in [1.54, 1.807) is 0 Å². The number of piperidine rings is 1. The molecule has 0 aliphatic carbocycles. The van der Waals surface area contributed by atoms with Gasteiger partial charge >= 0.3 is 0 Å². The van der Waals surface area contributed by atoms with E-state index in [0.717, 1.165) is 29.9 Å². The van der Waals surface area contributed by atoms with Gasteiger partial charge in [-0.15, -0.1) is 0 Å². The van der Waals surface area contributed by atoms with E-state index in [9.17, 15) is 0 Å². The van der Waals surface area contributed by atoms with Gasteiger partial charge in [0.15, 0.2) is 0 Å². The Bertz CT molecular complexity index is 408. The topological polar surface area (TPSA) is 28.2 Å². The Morgan fingerprint density at radius 2 is 2.32 bits per heavy atom. The molecule has 0 saturated carbocycles. The largest absolute Gasteiger partial charge is 0.352 e. The summed E-state index contributed by atoms with van der Waals surface area (Å²) in [5.74, 6) is 1.16. The molecule has 4 heteroatoms. The average molecular weight is 326 g/mol. The highest BCUT2D eigenvalue weighted by atomic mass is 79.9. The SMILES string of the molecule is CCCNCC1CCCCN1c1ncc(Br)cc1C. The van der Waals surface area contributed by atoms with Crippen LogP contribution in [0.5, 0.6) is 0 Å². The smallest absolute Gasteiger partial charge is 0.131 e. The molecule has 2 rings (SSSR count). The van der Waals surface area contributed by atoms with Crippen LogP contribution in [-0.4, -0.2) is 30.7 Å². The molecule has 1 aliphatic heterocycles. The van der Waals surface area contributed by atoms with E-state index >= 15 is 0 Å². The van der Waals surface area contributed by atoms with Crippen LogP contribution in [-0.2, 0) is 0 Å². The van der Waals surface area contributed by atoms with Gasteiger partial charge in [-0.1, -0.05) is 6.92 Å². The second-order valence-electron chi connectivity index (χ2n) is 5.34. The second kappa shape index (κ2) is 7.25. The van der Waals surface area contributed by atoms with Crippen molar-refractivity contribution in [3.8, 4) is 0 Å². The summed E-state index contributed by atoms with van der Waals surface area (Å²) in [6.07, 6.45) is 7.00. The van der Waals surface area contributed by atoms with Gasteiger partial charge in [-0.2, -0.15) is 0 Å². The van der Waals surface area contributed by atoms with Crippen molar-refractivity contribution in [1.82, 2.24) is 10.3 Å². The molecular weight excluding hydrogens is 302 g/mol. The third kappa shape index (κ3) is 3.93. The van der Waals surface area contributed by atoms with Gasteiger partial charge in [0.05, 0.1) is 0 Å². The first-order chi connectivity index (χ1) is 9.22. The Kier molecular flexibility index (Phi) is 5.64. The lowest BCUT2D eigenvalue weighted by atomic mass is 10.0. The number of hydrogen-bond acceptors (Lipinski definition) is 3. The summed E-state index contributed by atoms with van der Waals surface area (Å²) in [4.78, 5) is 7.13. The molecule has 0 radical (unpaired) electrons. The van der Waals surface area contributed by atoms with Crippen molar-refractivity contribution in [2.45, 2.75) is 45.6 Å². The molecule has 3 nitrogen and oxygen atoms in total. The van der Waals surface area contributed by atoms with Crippen molar-refractivity contribution >= 4 is 21.7 Å². The Hall–Kier alpha value is -0.610. The van der Waals surface area contributed by atoms with Crippen LogP contribution in [0.25, 0.3) is 0 Å². The van der Waals surface area contributed by atoms with Crippen molar-refractivity contribution < 1.29 is 0 Å². The van der Waals surface area contributed by atoms with Gasteiger partial charge in [-0.3, -0.25) is 0 Å². The van der Waals surface area contributed by atoms with Gasteiger partial charge in [-0.05, 0) is 66.7 Å². The highest BCUT2D eigenvalue weighted by molar-refractivity contribution is 9.10. The van der Waals surface area contributed by atoms with E-state index in [0.29, 0.717) is 6.04 Å². The van der Waals surface area contributed by atoms with E-state index in [4.69, 9.17) is 0 Å². The van der Waals surface area contributed by atoms with Gasteiger partial charge in [0, 0.05) is 29.8 Å². The summed E-state index contributed by atoms with van der Waals surface area (Å²) in [6.45, 7) is 7.68. The predicted octanol–water partition coefficient (Wildman–Crippen LogP) is 3.51. The molecule has 1 N–H and O–H groups in total. The van der Waals surface area contributed by atoms with Crippen LogP contribution in [0, 0.1) is 6.92 Å². The molecule has 0 bridgehead atoms. The summed E-state index contributed by atoms with van der Waals surface area (Å²) >= 11 is 3.49. The van der Waals surface area contributed by atoms with Crippen LogP contribution in [0.15, 0.2) is 16.7 Å². The Morgan fingerprint density at radius 3 is 3.05 bits per heavy atom. The molecule has 1 aromatic heterocycles. The molecule has 1 aromatic rings. The van der Waals surface area contributed by atoms with Crippen LogP contribution in [0.4, 0.5) is 5.82 Å². The lowest BCUT2D eigenvalue weighted by molar-refractivity contribution is 0.432. The fourth-order valence-electron chi connectivity index (χ4n) is 2.77. The molecule has 1 atom stereocenters. The maximum atomic E-state index is 4.63. The average Bonchev–Trinajstić information content (AvgIpc) is 2.40. The standard InChI is InChI=1S/C15H24BrN3/c1-3-7-17-11-14-6-4-5-8-19(14)15-12(2)9-13(16)10-18-15/h9-10,14,17H,3-8,11H2,1-2H3. The monoisotopic (exact) mass is 325 g/mol. The minimum atomic E-state index is 0.590. The number of aryl methyl sites for hydroxylation is 1. The predicted molar refractivity (Wildman–Crippen MR) is 84.8 cm³/mol. The van der Waals surface area contributed by atoms with E-state index in [1.807, 2.05) is 6.20 Å². The minimum absolute atomic E-state index is 0.590. The molecule has 19 heavy (non-hydrogen) atoms. The van der Waals surface area contributed by atoms with Gasteiger partial charge in [0.25, 0.3) is 0 Å². The summed E-state index contributed by atoms with van der Waals surface area (Å²) in [6, 6.07) is 2.75. The first-order valence-electron chi connectivity index (χ1n) is 7.32. The van der Waals surface area contributed by atoms with Gasteiger partial charge in [-0.25, -0.2) is 4.98 Å². The summed E-state index contributed by atoms with van der Waals surface area (Å²) < 4.78 is 1.06. The van der Waals surface area contributed by atoms with Crippen LogP contribution >= 0.6 is 15.9 Å². The fraction of sp³-hybridized carbons (Fsp3) is 0.667. The number of nitrogens with one attached hydrogen (secondary N) is 1. The zero-order valence-electron chi connectivity index (χ0n) is 12.0. The van der Waals surface area contributed by atoms with Crippen molar-refractivity contribution in [2.75, 3.05) is 24.5 Å². The van der Waals surface area contributed by atoms with Crippen molar-refractivity contribution in [2.24, 2.45) is 0 Å². The Morgan fingerprint density at radius 1 is 1.47 bits per heavy atom.